The van der Waals surface area contributed by atoms with E-state index in [9.17, 15) is 5.11 Å². The monoisotopic (exact) mass is 247 g/mol. The highest BCUT2D eigenvalue weighted by molar-refractivity contribution is 5.30. The average Bonchev–Trinajstić information content (AvgIpc) is 2.41. The van der Waals surface area contributed by atoms with Crippen LogP contribution < -0.4 is 5.32 Å². The van der Waals surface area contributed by atoms with Crippen molar-refractivity contribution in [1.29, 1.82) is 5.26 Å². The molecule has 0 heterocycles. The molecule has 0 spiro atoms. The van der Waals surface area contributed by atoms with Crippen LogP contribution in [0.25, 0.3) is 0 Å². The lowest BCUT2D eigenvalue weighted by Gasteiger charge is -2.19. The molecular weight excluding hydrogens is 226 g/mol. The molecule has 1 unspecified atom stereocenters. The van der Waals surface area contributed by atoms with E-state index >= 15 is 0 Å². The van der Waals surface area contributed by atoms with Crippen LogP contribution in [0.1, 0.15) is 25.5 Å². The van der Waals surface area contributed by atoms with Crippen LogP contribution in [-0.2, 0) is 0 Å². The van der Waals surface area contributed by atoms with Gasteiger partial charge in [-0.15, -0.1) is 0 Å². The summed E-state index contributed by atoms with van der Waals surface area (Å²) in [5.41, 5.74) is 0.884. The fourth-order valence-corrected chi connectivity index (χ4v) is 1.81. The molecule has 4 heteroatoms. The zero-order valence-corrected chi connectivity index (χ0v) is 11.1. The summed E-state index contributed by atoms with van der Waals surface area (Å²) in [6, 6.07) is 8.67. The number of phenolic OH excluding ortho intramolecular Hbond substituents is 1. The smallest absolute Gasteiger partial charge is 0.121 e. The van der Waals surface area contributed by atoms with Crippen molar-refractivity contribution in [3.8, 4) is 11.8 Å². The Labute approximate surface area is 109 Å². The second-order valence-corrected chi connectivity index (χ2v) is 4.13. The van der Waals surface area contributed by atoms with E-state index < -0.39 is 0 Å². The summed E-state index contributed by atoms with van der Waals surface area (Å²) >= 11 is 0. The maximum atomic E-state index is 9.21. The number of rotatable bonds is 7. The minimum atomic E-state index is -0.318. The van der Waals surface area contributed by atoms with E-state index in [4.69, 9.17) is 5.26 Å². The summed E-state index contributed by atoms with van der Waals surface area (Å²) < 4.78 is 0. The van der Waals surface area contributed by atoms with Gasteiger partial charge in [0.1, 0.15) is 11.8 Å². The molecule has 1 atom stereocenters. The van der Waals surface area contributed by atoms with Gasteiger partial charge in [0.2, 0.25) is 0 Å². The predicted molar refractivity (Wildman–Crippen MR) is 72.3 cm³/mol. The van der Waals surface area contributed by atoms with Crippen molar-refractivity contribution >= 4 is 0 Å². The van der Waals surface area contributed by atoms with Crippen molar-refractivity contribution in [3.63, 3.8) is 0 Å². The Bertz CT molecular complexity index is 379. The van der Waals surface area contributed by atoms with E-state index in [0.29, 0.717) is 0 Å². The minimum absolute atomic E-state index is 0.221. The van der Waals surface area contributed by atoms with Crippen molar-refractivity contribution in [1.82, 2.24) is 10.2 Å². The number of nitrogens with one attached hydrogen (secondary N) is 1. The molecule has 1 rings (SSSR count). The van der Waals surface area contributed by atoms with E-state index in [-0.39, 0.29) is 11.8 Å². The number of hydrogen-bond donors (Lipinski definition) is 2. The number of nitriles is 1. The number of nitrogens with zero attached hydrogens (tertiary/aromatic N) is 2. The maximum absolute atomic E-state index is 9.21. The van der Waals surface area contributed by atoms with Crippen molar-refractivity contribution in [2.45, 2.75) is 19.9 Å². The van der Waals surface area contributed by atoms with Crippen molar-refractivity contribution < 1.29 is 5.11 Å². The molecule has 0 aromatic heterocycles. The third-order valence-corrected chi connectivity index (χ3v) is 3.03. The van der Waals surface area contributed by atoms with Gasteiger partial charge < -0.3 is 10.0 Å². The van der Waals surface area contributed by atoms with Crippen molar-refractivity contribution in [2.75, 3.05) is 26.2 Å². The Morgan fingerprint density at radius 3 is 2.39 bits per heavy atom. The number of likely N-dealkylation sites (N-methyl/N-ethyl adjacent to an activating group) is 1. The molecule has 0 radical (unpaired) electrons. The molecule has 0 bridgehead atoms. The maximum Gasteiger partial charge on any atom is 0.121 e. The van der Waals surface area contributed by atoms with Gasteiger partial charge in [-0.3, -0.25) is 5.32 Å². The van der Waals surface area contributed by atoms with Gasteiger partial charge in [-0.2, -0.15) is 5.26 Å². The van der Waals surface area contributed by atoms with Crippen molar-refractivity contribution in [2.24, 2.45) is 0 Å². The highest BCUT2D eigenvalue weighted by Gasteiger charge is 2.09. The molecule has 1 aromatic carbocycles. The topological polar surface area (TPSA) is 59.3 Å². The average molecular weight is 247 g/mol. The van der Waals surface area contributed by atoms with Crippen LogP contribution in [0.2, 0.25) is 0 Å². The van der Waals surface area contributed by atoms with E-state index in [2.05, 4.69) is 30.1 Å². The molecule has 4 nitrogen and oxygen atoms in total. The first kappa shape index (κ1) is 14.5. The van der Waals surface area contributed by atoms with Crippen LogP contribution in [0.5, 0.6) is 5.75 Å². The third kappa shape index (κ3) is 4.36. The van der Waals surface area contributed by atoms with Crippen LogP contribution in [0, 0.1) is 11.3 Å². The van der Waals surface area contributed by atoms with Gasteiger partial charge >= 0.3 is 0 Å². The quantitative estimate of drug-likeness (QED) is 0.772. The van der Waals surface area contributed by atoms with Crippen LogP contribution >= 0.6 is 0 Å². The molecule has 1 aromatic rings. The summed E-state index contributed by atoms with van der Waals surface area (Å²) in [6.45, 7) is 8.02. The molecule has 0 aliphatic carbocycles. The molecule has 0 aliphatic rings. The Balaban J connectivity index is 2.48. The largest absolute Gasteiger partial charge is 0.508 e. The van der Waals surface area contributed by atoms with Gasteiger partial charge in [0, 0.05) is 13.1 Å². The summed E-state index contributed by atoms with van der Waals surface area (Å²) in [7, 11) is 0. The fraction of sp³-hybridized carbons (Fsp3) is 0.500. The highest BCUT2D eigenvalue weighted by Crippen LogP contribution is 2.15. The lowest BCUT2D eigenvalue weighted by Crippen LogP contribution is -2.33. The Morgan fingerprint density at radius 1 is 1.28 bits per heavy atom. The zero-order valence-electron chi connectivity index (χ0n) is 11.1. The number of benzene rings is 1. The van der Waals surface area contributed by atoms with Gasteiger partial charge in [-0.1, -0.05) is 26.0 Å². The predicted octanol–water partition coefficient (Wildman–Crippen LogP) is 1.89. The SMILES string of the molecule is CCN(CC)CCNC(C#N)c1ccc(O)cc1. The van der Waals surface area contributed by atoms with E-state index in [0.717, 1.165) is 31.7 Å². The van der Waals surface area contributed by atoms with Crippen molar-refractivity contribution in [3.05, 3.63) is 29.8 Å². The standard InChI is InChI=1S/C14H21N3O/c1-3-17(4-2)10-9-16-14(11-15)12-5-7-13(18)8-6-12/h5-8,14,16,18H,3-4,9-10H2,1-2H3. The lowest BCUT2D eigenvalue weighted by molar-refractivity contribution is 0.300. The number of aromatic hydroxyl groups is 1. The molecule has 18 heavy (non-hydrogen) atoms. The first-order valence-electron chi connectivity index (χ1n) is 6.35. The normalized spacial score (nSPS) is 12.3. The minimum Gasteiger partial charge on any atom is -0.508 e. The second-order valence-electron chi connectivity index (χ2n) is 4.13. The zero-order chi connectivity index (χ0) is 13.4. The van der Waals surface area contributed by atoms with E-state index in [1.165, 1.54) is 0 Å². The molecule has 2 N–H and O–H groups in total. The molecule has 0 aliphatic heterocycles. The van der Waals surface area contributed by atoms with Crippen LogP contribution in [0.4, 0.5) is 0 Å². The van der Waals surface area contributed by atoms with Gasteiger partial charge in [0.05, 0.1) is 6.07 Å². The highest BCUT2D eigenvalue weighted by atomic mass is 16.3. The molecule has 0 saturated heterocycles. The Morgan fingerprint density at radius 2 is 1.89 bits per heavy atom. The van der Waals surface area contributed by atoms with Crippen LogP contribution in [0.15, 0.2) is 24.3 Å². The summed E-state index contributed by atoms with van der Waals surface area (Å²) in [4.78, 5) is 2.30. The fourth-order valence-electron chi connectivity index (χ4n) is 1.81. The summed E-state index contributed by atoms with van der Waals surface area (Å²) in [5, 5.41) is 21.6. The lowest BCUT2D eigenvalue weighted by atomic mass is 10.1. The first-order valence-corrected chi connectivity index (χ1v) is 6.35. The van der Waals surface area contributed by atoms with Crippen LogP contribution in [0.3, 0.4) is 0 Å². The first-order chi connectivity index (χ1) is 8.71. The molecule has 0 saturated carbocycles. The molecule has 0 amide bonds. The van der Waals surface area contributed by atoms with E-state index in [1.807, 2.05) is 0 Å². The Kier molecular flexibility index (Phi) is 6.20. The second kappa shape index (κ2) is 7.70. The summed E-state index contributed by atoms with van der Waals surface area (Å²) in [5.74, 6) is 0.221. The molecule has 0 fully saturated rings. The number of hydrogen-bond acceptors (Lipinski definition) is 4. The Hall–Kier alpha value is -1.57. The van der Waals surface area contributed by atoms with Gasteiger partial charge in [0.15, 0.2) is 0 Å². The third-order valence-electron chi connectivity index (χ3n) is 3.03. The molecular formula is C14H21N3O. The van der Waals surface area contributed by atoms with E-state index in [1.54, 1.807) is 24.3 Å². The number of phenols is 1. The van der Waals surface area contributed by atoms with Gasteiger partial charge in [0.25, 0.3) is 0 Å². The van der Waals surface area contributed by atoms with Gasteiger partial charge in [-0.25, -0.2) is 0 Å². The van der Waals surface area contributed by atoms with Gasteiger partial charge in [-0.05, 0) is 30.8 Å². The molecule has 98 valence electrons. The summed E-state index contributed by atoms with van der Waals surface area (Å²) in [6.07, 6.45) is 0. The van der Waals surface area contributed by atoms with Crippen LogP contribution in [-0.4, -0.2) is 36.2 Å².